The third-order valence-electron chi connectivity index (χ3n) is 1.66. The minimum atomic E-state index is 0. The molecule has 2 aromatic carbocycles. The maximum atomic E-state index is 2.08. The molecule has 0 bridgehead atoms. The summed E-state index contributed by atoms with van der Waals surface area (Å²) in [5, 5.41) is 0. The normalized spacial score (nSPS) is 7.57. The fourth-order valence-electron chi connectivity index (χ4n) is 0.940. The maximum Gasteiger partial charge on any atom is 2.00 e. The molecule has 0 spiro atoms. The van der Waals surface area contributed by atoms with Gasteiger partial charge in [-0.2, -0.15) is 35.4 Å². The molecule has 0 aromatic heterocycles. The van der Waals surface area contributed by atoms with Crippen molar-refractivity contribution in [2.24, 2.45) is 0 Å². The fourth-order valence-corrected chi connectivity index (χ4v) is 0.940. The molecule has 0 amide bonds. The molecule has 0 aliphatic carbocycles. The van der Waals surface area contributed by atoms with Crippen LogP contribution in [-0.2, 0) is 21.7 Å². The molecule has 0 heterocycles. The molecule has 2 rings (SSSR count). The van der Waals surface area contributed by atoms with Gasteiger partial charge in [-0.1, -0.05) is 13.8 Å². The molecule has 0 fully saturated rings. The Morgan fingerprint density at radius 2 is 0.857 bits per heavy atom. The molecule has 0 unspecified atom stereocenters. The second-order valence-electron chi connectivity index (χ2n) is 2.92. The molecule has 0 aliphatic rings. The van der Waals surface area contributed by atoms with Gasteiger partial charge in [-0.15, -0.1) is 0 Å². The molecule has 0 saturated heterocycles. The molecule has 0 N–H and O–H groups in total. The van der Waals surface area contributed by atoms with Gasteiger partial charge in [0.1, 0.15) is 0 Å². The van der Waals surface area contributed by atoms with E-state index in [9.17, 15) is 0 Å². The summed E-state index contributed by atoms with van der Waals surface area (Å²) in [6.45, 7) is 4.17. The van der Waals surface area contributed by atoms with E-state index in [-0.39, 0.29) is 32.7 Å². The van der Waals surface area contributed by atoms with Crippen LogP contribution in [0.1, 0.15) is 11.1 Å². The standard InChI is InChI=1S/2C6H7.H3Si.Ti/c2*1-6-4-2-3-5-6;;/h2*2-5H,1H3;1H3;/q2*-1;;+2. The summed E-state index contributed by atoms with van der Waals surface area (Å²) in [6.07, 6.45) is 0. The van der Waals surface area contributed by atoms with Gasteiger partial charge < -0.3 is 0 Å². The topological polar surface area (TPSA) is 0 Å². The first kappa shape index (κ1) is 16.1. The SMILES string of the molecule is C[c-]1cccc1.C[c-]1cccc1.[SiH3].[Ti+2]. The molecule has 2 aromatic rings. The molecule has 0 saturated carbocycles. The van der Waals surface area contributed by atoms with Crippen LogP contribution in [0.25, 0.3) is 0 Å². The van der Waals surface area contributed by atoms with Gasteiger partial charge in [0.15, 0.2) is 0 Å². The summed E-state index contributed by atoms with van der Waals surface area (Å²) in [5.74, 6) is 0. The molecule has 0 nitrogen and oxygen atoms in total. The minimum absolute atomic E-state index is 0. The van der Waals surface area contributed by atoms with Crippen molar-refractivity contribution in [3.63, 3.8) is 0 Å². The predicted octanol–water partition coefficient (Wildman–Crippen LogP) is 2.24. The van der Waals surface area contributed by atoms with Crippen LogP contribution in [0.4, 0.5) is 0 Å². The Morgan fingerprint density at radius 3 is 0.929 bits per heavy atom. The van der Waals surface area contributed by atoms with E-state index in [1.165, 1.54) is 11.1 Å². The van der Waals surface area contributed by atoms with Crippen LogP contribution in [0.3, 0.4) is 0 Å². The van der Waals surface area contributed by atoms with Crippen molar-refractivity contribution in [1.29, 1.82) is 0 Å². The quantitative estimate of drug-likeness (QED) is 0.487. The van der Waals surface area contributed by atoms with Crippen LogP contribution < -0.4 is 0 Å². The molecular formula is C12H17SiTi. The first-order valence-electron chi connectivity index (χ1n) is 4.15. The van der Waals surface area contributed by atoms with Crippen molar-refractivity contribution in [2.75, 3.05) is 0 Å². The summed E-state index contributed by atoms with van der Waals surface area (Å²) in [6, 6.07) is 16.5. The Balaban J connectivity index is 0. The first-order valence-corrected chi connectivity index (χ1v) is 4.15. The van der Waals surface area contributed by atoms with E-state index in [2.05, 4.69) is 38.1 Å². The molecular weight excluding hydrogens is 220 g/mol. The van der Waals surface area contributed by atoms with Crippen molar-refractivity contribution < 1.29 is 21.7 Å². The van der Waals surface area contributed by atoms with Crippen LogP contribution in [0.5, 0.6) is 0 Å². The zero-order chi connectivity index (χ0) is 8.81. The Hall–Kier alpha value is -0.369. The van der Waals surface area contributed by atoms with Gasteiger partial charge in [-0.05, 0) is 11.0 Å². The van der Waals surface area contributed by atoms with Gasteiger partial charge >= 0.3 is 21.7 Å². The van der Waals surface area contributed by atoms with E-state index in [0.29, 0.717) is 0 Å². The van der Waals surface area contributed by atoms with Crippen LogP contribution in [-0.4, -0.2) is 11.0 Å². The fraction of sp³-hybridized carbons (Fsp3) is 0.167. The van der Waals surface area contributed by atoms with Gasteiger partial charge in [0.25, 0.3) is 0 Å². The first-order chi connectivity index (χ1) is 5.79. The number of hydrogen-bond donors (Lipinski definition) is 0. The average Bonchev–Trinajstić information content (AvgIpc) is 2.63. The minimum Gasteiger partial charge on any atom is -0.213 e. The van der Waals surface area contributed by atoms with Crippen LogP contribution >= 0.6 is 0 Å². The summed E-state index contributed by atoms with van der Waals surface area (Å²) in [4.78, 5) is 0. The van der Waals surface area contributed by atoms with E-state index < -0.39 is 0 Å². The molecule has 2 heteroatoms. The average molecular weight is 237 g/mol. The summed E-state index contributed by atoms with van der Waals surface area (Å²) in [5.41, 5.74) is 2.69. The molecule has 0 aliphatic heterocycles. The summed E-state index contributed by atoms with van der Waals surface area (Å²) in [7, 11) is 0. The Labute approximate surface area is 106 Å². The second kappa shape index (κ2) is 9.20. The van der Waals surface area contributed by atoms with Crippen LogP contribution in [0.15, 0.2) is 48.5 Å². The van der Waals surface area contributed by atoms with Crippen molar-refractivity contribution in [3.05, 3.63) is 59.7 Å². The Bertz CT molecular complexity index is 250. The number of aryl methyl sites for hydroxylation is 2. The second-order valence-corrected chi connectivity index (χ2v) is 2.92. The van der Waals surface area contributed by atoms with E-state index >= 15 is 0 Å². The smallest absolute Gasteiger partial charge is 0.213 e. The third-order valence-corrected chi connectivity index (χ3v) is 1.66. The van der Waals surface area contributed by atoms with Gasteiger partial charge in [-0.25, -0.2) is 24.3 Å². The molecule has 14 heavy (non-hydrogen) atoms. The monoisotopic (exact) mass is 237 g/mol. The van der Waals surface area contributed by atoms with Crippen molar-refractivity contribution in [3.8, 4) is 0 Å². The van der Waals surface area contributed by atoms with Crippen molar-refractivity contribution in [1.82, 2.24) is 0 Å². The molecule has 0 atom stereocenters. The van der Waals surface area contributed by atoms with Gasteiger partial charge in [0.2, 0.25) is 0 Å². The van der Waals surface area contributed by atoms with Gasteiger partial charge in [-0.3, -0.25) is 0 Å². The van der Waals surface area contributed by atoms with Crippen molar-refractivity contribution >= 4 is 11.0 Å². The number of rotatable bonds is 0. The van der Waals surface area contributed by atoms with E-state index in [1.54, 1.807) is 0 Å². The zero-order valence-electron chi connectivity index (χ0n) is 9.12. The summed E-state index contributed by atoms with van der Waals surface area (Å²) >= 11 is 0. The largest absolute Gasteiger partial charge is 2.00 e. The van der Waals surface area contributed by atoms with Gasteiger partial charge in [0.05, 0.1) is 0 Å². The Kier molecular flexibility index (Phi) is 10.6. The van der Waals surface area contributed by atoms with E-state index in [4.69, 9.17) is 0 Å². The zero-order valence-corrected chi connectivity index (χ0v) is 12.7. The summed E-state index contributed by atoms with van der Waals surface area (Å²) < 4.78 is 0. The maximum absolute atomic E-state index is 2.08. The third kappa shape index (κ3) is 7.07. The predicted molar refractivity (Wildman–Crippen MR) is 63.5 cm³/mol. The van der Waals surface area contributed by atoms with E-state index in [0.717, 1.165) is 0 Å². The van der Waals surface area contributed by atoms with E-state index in [1.807, 2.05) is 24.3 Å². The van der Waals surface area contributed by atoms with Gasteiger partial charge in [0, 0.05) is 0 Å². The Morgan fingerprint density at radius 1 is 0.643 bits per heavy atom. The molecule has 1 radical (unpaired) electrons. The molecule has 73 valence electrons. The van der Waals surface area contributed by atoms with Crippen LogP contribution in [0.2, 0.25) is 0 Å². The number of hydrogen-bond acceptors (Lipinski definition) is 0. The van der Waals surface area contributed by atoms with Crippen LogP contribution in [0, 0.1) is 13.8 Å². The van der Waals surface area contributed by atoms with Crippen molar-refractivity contribution in [2.45, 2.75) is 13.8 Å².